The van der Waals surface area contributed by atoms with Crippen LogP contribution in [0.5, 0.6) is 11.5 Å². The van der Waals surface area contributed by atoms with Crippen molar-refractivity contribution in [2.45, 2.75) is 31.9 Å². The highest BCUT2D eigenvalue weighted by Crippen LogP contribution is 2.36. The van der Waals surface area contributed by atoms with Gasteiger partial charge in [-0.3, -0.25) is 9.89 Å². The third kappa shape index (κ3) is 6.12. The summed E-state index contributed by atoms with van der Waals surface area (Å²) in [7, 11) is 5.71. The predicted molar refractivity (Wildman–Crippen MR) is 125 cm³/mol. The first-order chi connectivity index (χ1) is 14.6. The van der Waals surface area contributed by atoms with Crippen molar-refractivity contribution in [2.75, 3.05) is 40.8 Å². The molecular weight excluding hydrogens is 396 g/mol. The first-order valence-electron chi connectivity index (χ1n) is 10.6. The number of aliphatic imine (C=N–C) groups is 1. The average molecular weight is 431 g/mol. The summed E-state index contributed by atoms with van der Waals surface area (Å²) in [4.78, 5) is 8.33. The Hall–Kier alpha value is -2.25. The molecule has 3 unspecified atom stereocenters. The number of rotatable bonds is 8. The summed E-state index contributed by atoms with van der Waals surface area (Å²) in [6.45, 7) is 4.78. The van der Waals surface area contributed by atoms with Crippen LogP contribution in [0.3, 0.4) is 0 Å². The molecule has 2 N–H and O–H groups in total. The maximum Gasteiger partial charge on any atom is 0.191 e. The highest BCUT2D eigenvalue weighted by atomic mass is 32.1. The Morgan fingerprint density at radius 1 is 1.23 bits per heavy atom. The van der Waals surface area contributed by atoms with Crippen LogP contribution in [0.4, 0.5) is 0 Å². The Balaban J connectivity index is 1.47. The van der Waals surface area contributed by atoms with E-state index in [-0.39, 0.29) is 6.10 Å². The first kappa shape index (κ1) is 22.4. The minimum Gasteiger partial charge on any atom is -0.497 e. The Labute approximate surface area is 184 Å². The molecule has 1 aromatic heterocycles. The van der Waals surface area contributed by atoms with Crippen molar-refractivity contribution < 1.29 is 9.47 Å². The molecule has 6 nitrogen and oxygen atoms in total. The van der Waals surface area contributed by atoms with Gasteiger partial charge in [-0.2, -0.15) is 0 Å². The monoisotopic (exact) mass is 430 g/mol. The van der Waals surface area contributed by atoms with Crippen LogP contribution in [0.1, 0.15) is 30.7 Å². The molecular formula is C23H34N4O2S. The molecule has 3 atom stereocenters. The number of nitrogens with zero attached hydrogens (tertiary/aromatic N) is 2. The van der Waals surface area contributed by atoms with Crippen molar-refractivity contribution >= 4 is 17.3 Å². The largest absolute Gasteiger partial charge is 0.497 e. The zero-order valence-electron chi connectivity index (χ0n) is 18.4. The zero-order chi connectivity index (χ0) is 21.3. The van der Waals surface area contributed by atoms with E-state index in [0.717, 1.165) is 30.5 Å². The fourth-order valence-corrected chi connectivity index (χ4v) is 4.98. The van der Waals surface area contributed by atoms with Gasteiger partial charge in [0.25, 0.3) is 0 Å². The Bertz CT molecular complexity index is 779. The zero-order valence-corrected chi connectivity index (χ0v) is 19.2. The number of hydrogen-bond donors (Lipinski definition) is 2. The van der Waals surface area contributed by atoms with Gasteiger partial charge in [0, 0.05) is 24.5 Å². The van der Waals surface area contributed by atoms with Crippen molar-refractivity contribution in [3.8, 4) is 11.5 Å². The Morgan fingerprint density at radius 3 is 2.67 bits per heavy atom. The van der Waals surface area contributed by atoms with E-state index in [1.807, 2.05) is 49.6 Å². The molecule has 164 valence electrons. The minimum absolute atomic E-state index is 0.0108. The summed E-state index contributed by atoms with van der Waals surface area (Å²) in [6, 6.07) is 12.5. The number of methoxy groups -OCH3 is 1. The van der Waals surface area contributed by atoms with E-state index >= 15 is 0 Å². The average Bonchev–Trinajstić information content (AvgIpc) is 3.29. The van der Waals surface area contributed by atoms with E-state index in [4.69, 9.17) is 9.47 Å². The van der Waals surface area contributed by atoms with E-state index in [9.17, 15) is 0 Å². The van der Waals surface area contributed by atoms with Crippen LogP contribution in [-0.4, -0.2) is 57.8 Å². The molecule has 0 saturated carbocycles. The van der Waals surface area contributed by atoms with Crippen molar-refractivity contribution in [1.82, 2.24) is 15.5 Å². The van der Waals surface area contributed by atoms with Gasteiger partial charge >= 0.3 is 0 Å². The van der Waals surface area contributed by atoms with Crippen molar-refractivity contribution in [3.05, 3.63) is 46.7 Å². The van der Waals surface area contributed by atoms with E-state index in [0.29, 0.717) is 18.5 Å². The molecule has 0 spiro atoms. The molecule has 2 heterocycles. The number of likely N-dealkylation sites (tertiary alicyclic amines) is 1. The number of thiophene rings is 1. The maximum atomic E-state index is 5.98. The highest BCUT2D eigenvalue weighted by Gasteiger charge is 2.31. The first-order valence-corrected chi connectivity index (χ1v) is 11.5. The molecule has 0 amide bonds. The maximum absolute atomic E-state index is 5.98. The number of ether oxygens (including phenoxy) is 2. The number of hydrogen-bond acceptors (Lipinski definition) is 5. The molecule has 1 saturated heterocycles. The molecule has 1 aromatic carbocycles. The van der Waals surface area contributed by atoms with Crippen LogP contribution in [0.25, 0.3) is 0 Å². The second-order valence-electron chi connectivity index (χ2n) is 7.78. The number of benzene rings is 1. The molecule has 7 heteroatoms. The summed E-state index contributed by atoms with van der Waals surface area (Å²) >= 11 is 1.85. The van der Waals surface area contributed by atoms with Crippen molar-refractivity contribution in [3.63, 3.8) is 0 Å². The highest BCUT2D eigenvalue weighted by molar-refractivity contribution is 7.10. The van der Waals surface area contributed by atoms with Gasteiger partial charge < -0.3 is 20.1 Å². The lowest BCUT2D eigenvalue weighted by atomic mass is 9.88. The van der Waals surface area contributed by atoms with Gasteiger partial charge in [-0.05, 0) is 75.0 Å². The van der Waals surface area contributed by atoms with Gasteiger partial charge in [0.2, 0.25) is 0 Å². The molecule has 0 bridgehead atoms. The number of guanidine groups is 1. The van der Waals surface area contributed by atoms with E-state index in [1.165, 1.54) is 17.7 Å². The van der Waals surface area contributed by atoms with Crippen molar-refractivity contribution in [1.29, 1.82) is 0 Å². The minimum atomic E-state index is 0.0108. The molecule has 0 aliphatic carbocycles. The number of nitrogens with one attached hydrogen (secondary N) is 2. The summed E-state index contributed by atoms with van der Waals surface area (Å²) in [5.41, 5.74) is 0. The molecule has 0 radical (unpaired) electrons. The van der Waals surface area contributed by atoms with Crippen LogP contribution in [0.2, 0.25) is 0 Å². The summed E-state index contributed by atoms with van der Waals surface area (Å²) in [5.74, 6) is 3.04. The van der Waals surface area contributed by atoms with Gasteiger partial charge in [0.1, 0.15) is 17.6 Å². The van der Waals surface area contributed by atoms with Crippen LogP contribution in [0.15, 0.2) is 46.8 Å². The molecule has 1 aliphatic rings. The van der Waals surface area contributed by atoms with Crippen LogP contribution in [-0.2, 0) is 0 Å². The predicted octanol–water partition coefficient (Wildman–Crippen LogP) is 3.77. The standard InChI is InChI=1S/C23H34N4O2S/c1-17(29-20-11-9-19(28-4)10-12-20)15-25-23(24-2)26-16-18-7-5-13-27(3)22(18)21-8-6-14-30-21/h6,8-12,14,17-18,22H,5,7,13,15-16H2,1-4H3,(H2,24,25,26). The molecule has 1 aliphatic heterocycles. The Morgan fingerprint density at radius 2 is 2.00 bits per heavy atom. The van der Waals surface area contributed by atoms with E-state index in [1.54, 1.807) is 7.11 Å². The Kier molecular flexibility index (Phi) is 8.39. The van der Waals surface area contributed by atoms with E-state index < -0.39 is 0 Å². The second-order valence-corrected chi connectivity index (χ2v) is 8.76. The third-order valence-electron chi connectivity index (χ3n) is 5.55. The van der Waals surface area contributed by atoms with Gasteiger partial charge in [-0.1, -0.05) is 6.07 Å². The van der Waals surface area contributed by atoms with Crippen LogP contribution >= 0.6 is 11.3 Å². The molecule has 1 fully saturated rings. The van der Waals surface area contributed by atoms with Crippen molar-refractivity contribution in [2.24, 2.45) is 10.9 Å². The number of piperidine rings is 1. The summed E-state index contributed by atoms with van der Waals surface area (Å²) in [6.07, 6.45) is 2.48. The molecule has 3 rings (SSSR count). The van der Waals surface area contributed by atoms with Gasteiger partial charge in [-0.25, -0.2) is 0 Å². The lowest BCUT2D eigenvalue weighted by Gasteiger charge is -2.39. The van der Waals surface area contributed by atoms with Gasteiger partial charge in [0.15, 0.2) is 5.96 Å². The van der Waals surface area contributed by atoms with Crippen LogP contribution in [0, 0.1) is 5.92 Å². The SMILES string of the molecule is CN=C(NCC(C)Oc1ccc(OC)cc1)NCC1CCCN(C)C1c1cccs1. The fraction of sp³-hybridized carbons (Fsp3) is 0.522. The second kappa shape index (κ2) is 11.2. The lowest BCUT2D eigenvalue weighted by Crippen LogP contribution is -2.46. The third-order valence-corrected chi connectivity index (χ3v) is 6.49. The smallest absolute Gasteiger partial charge is 0.191 e. The lowest BCUT2D eigenvalue weighted by molar-refractivity contribution is 0.125. The summed E-state index contributed by atoms with van der Waals surface area (Å²) < 4.78 is 11.2. The molecule has 30 heavy (non-hydrogen) atoms. The summed E-state index contributed by atoms with van der Waals surface area (Å²) in [5, 5.41) is 9.09. The quantitative estimate of drug-likeness (QED) is 0.493. The van der Waals surface area contributed by atoms with Gasteiger partial charge in [0.05, 0.1) is 13.7 Å². The normalized spacial score (nSPS) is 21.1. The molecule has 2 aromatic rings. The fourth-order valence-electron chi connectivity index (χ4n) is 4.00. The van der Waals surface area contributed by atoms with Gasteiger partial charge in [-0.15, -0.1) is 11.3 Å². The van der Waals surface area contributed by atoms with Crippen LogP contribution < -0.4 is 20.1 Å². The van der Waals surface area contributed by atoms with E-state index in [2.05, 4.69) is 45.1 Å². The topological polar surface area (TPSA) is 58.1 Å².